The van der Waals surface area contributed by atoms with Crippen LogP contribution in [0, 0.1) is 0 Å². The van der Waals surface area contributed by atoms with Crippen molar-refractivity contribution in [3.63, 3.8) is 0 Å². The van der Waals surface area contributed by atoms with Crippen LogP contribution in [0.3, 0.4) is 0 Å². The first-order valence-electron chi connectivity index (χ1n) is 8.21. The Balaban J connectivity index is 1.49. The molecule has 3 rings (SSSR count). The van der Waals surface area contributed by atoms with Gasteiger partial charge in [-0.1, -0.05) is 6.07 Å². The Kier molecular flexibility index (Phi) is 5.31. The highest BCUT2D eigenvalue weighted by molar-refractivity contribution is 5.91. The molecule has 1 amide bonds. The molecule has 1 fully saturated rings. The molecule has 2 heterocycles. The van der Waals surface area contributed by atoms with Crippen LogP contribution in [0.25, 0.3) is 6.08 Å². The lowest BCUT2D eigenvalue weighted by Gasteiger charge is -2.28. The molecule has 5 heteroatoms. The predicted octanol–water partition coefficient (Wildman–Crippen LogP) is 1.43. The Morgan fingerprint density at radius 2 is 2.13 bits per heavy atom. The first-order chi connectivity index (χ1) is 11.2. The number of morpholine rings is 1. The maximum absolute atomic E-state index is 12.2. The fourth-order valence-electron chi connectivity index (χ4n) is 2.83. The standard InChI is InChI=1S/C18H24N2O3/c1-19(7-8-20-9-12-22-13-10-20)18(21)5-3-15-2-4-17-16(14-15)6-11-23-17/h2-5,14H,6-13H2,1H3/b5-3+. The molecule has 5 nitrogen and oxygen atoms in total. The molecule has 0 radical (unpaired) electrons. The zero-order valence-corrected chi connectivity index (χ0v) is 13.7. The van der Waals surface area contributed by atoms with Gasteiger partial charge < -0.3 is 14.4 Å². The zero-order chi connectivity index (χ0) is 16.1. The number of rotatable bonds is 5. The van der Waals surface area contributed by atoms with Gasteiger partial charge in [0.15, 0.2) is 0 Å². The van der Waals surface area contributed by atoms with E-state index in [1.807, 2.05) is 25.3 Å². The second-order valence-electron chi connectivity index (χ2n) is 6.01. The van der Waals surface area contributed by atoms with Gasteiger partial charge in [-0.25, -0.2) is 0 Å². The number of ether oxygens (including phenoxy) is 2. The van der Waals surface area contributed by atoms with Crippen molar-refractivity contribution in [2.24, 2.45) is 0 Å². The molecule has 1 aromatic rings. The number of nitrogens with zero attached hydrogens (tertiary/aromatic N) is 2. The third-order valence-corrected chi connectivity index (χ3v) is 4.36. The number of amides is 1. The van der Waals surface area contributed by atoms with Gasteiger partial charge >= 0.3 is 0 Å². The van der Waals surface area contributed by atoms with E-state index in [9.17, 15) is 4.79 Å². The molecule has 0 atom stereocenters. The van der Waals surface area contributed by atoms with Crippen LogP contribution < -0.4 is 4.74 Å². The number of hydrogen-bond donors (Lipinski definition) is 0. The summed E-state index contributed by atoms with van der Waals surface area (Å²) in [5.41, 5.74) is 2.27. The number of fused-ring (bicyclic) bond motifs is 1. The molecule has 1 saturated heterocycles. The Morgan fingerprint density at radius 1 is 1.30 bits per heavy atom. The van der Waals surface area contributed by atoms with Crippen molar-refractivity contribution in [1.82, 2.24) is 9.80 Å². The summed E-state index contributed by atoms with van der Waals surface area (Å²) < 4.78 is 10.8. The van der Waals surface area contributed by atoms with Crippen LogP contribution in [0.1, 0.15) is 11.1 Å². The van der Waals surface area contributed by atoms with E-state index in [1.165, 1.54) is 5.56 Å². The van der Waals surface area contributed by atoms with Crippen molar-refractivity contribution in [2.45, 2.75) is 6.42 Å². The summed E-state index contributed by atoms with van der Waals surface area (Å²) in [5.74, 6) is 1.01. The smallest absolute Gasteiger partial charge is 0.246 e. The van der Waals surface area contributed by atoms with Gasteiger partial charge in [0, 0.05) is 45.7 Å². The Bertz CT molecular complexity index is 580. The van der Waals surface area contributed by atoms with E-state index < -0.39 is 0 Å². The van der Waals surface area contributed by atoms with Gasteiger partial charge in [-0.3, -0.25) is 9.69 Å². The lowest BCUT2D eigenvalue weighted by atomic mass is 10.1. The minimum absolute atomic E-state index is 0.0370. The predicted molar refractivity (Wildman–Crippen MR) is 89.6 cm³/mol. The number of carbonyl (C=O) groups excluding carboxylic acids is 1. The fourth-order valence-corrected chi connectivity index (χ4v) is 2.83. The number of carbonyl (C=O) groups is 1. The largest absolute Gasteiger partial charge is 0.493 e. The molecule has 2 aliphatic heterocycles. The van der Waals surface area contributed by atoms with Crippen molar-refractivity contribution in [1.29, 1.82) is 0 Å². The van der Waals surface area contributed by atoms with Gasteiger partial charge in [-0.15, -0.1) is 0 Å². The summed E-state index contributed by atoms with van der Waals surface area (Å²) in [6, 6.07) is 6.07. The monoisotopic (exact) mass is 316 g/mol. The lowest BCUT2D eigenvalue weighted by Crippen LogP contribution is -2.41. The lowest BCUT2D eigenvalue weighted by molar-refractivity contribution is -0.125. The average Bonchev–Trinajstić information content (AvgIpc) is 3.06. The SMILES string of the molecule is CN(CCN1CCOCC1)C(=O)/C=C/c1ccc2c(c1)CCO2. The molecule has 0 aromatic heterocycles. The molecular formula is C18H24N2O3. The second-order valence-corrected chi connectivity index (χ2v) is 6.01. The molecule has 124 valence electrons. The topological polar surface area (TPSA) is 42.0 Å². The van der Waals surface area contributed by atoms with Crippen molar-refractivity contribution < 1.29 is 14.3 Å². The summed E-state index contributed by atoms with van der Waals surface area (Å²) in [7, 11) is 1.85. The van der Waals surface area contributed by atoms with E-state index in [-0.39, 0.29) is 5.91 Å². The van der Waals surface area contributed by atoms with Gasteiger partial charge in [0.2, 0.25) is 5.91 Å². The minimum atomic E-state index is 0.0370. The molecule has 0 saturated carbocycles. The van der Waals surface area contributed by atoms with Crippen molar-refractivity contribution >= 4 is 12.0 Å². The van der Waals surface area contributed by atoms with Crippen LogP contribution in [-0.2, 0) is 16.0 Å². The fraction of sp³-hybridized carbons (Fsp3) is 0.500. The van der Waals surface area contributed by atoms with Crippen LogP contribution in [-0.4, -0.2) is 68.8 Å². The number of hydrogen-bond acceptors (Lipinski definition) is 4. The molecule has 0 spiro atoms. The maximum atomic E-state index is 12.2. The first-order valence-corrected chi connectivity index (χ1v) is 8.21. The van der Waals surface area contributed by atoms with Gasteiger partial charge in [0.05, 0.1) is 19.8 Å². The van der Waals surface area contributed by atoms with Crippen LogP contribution in [0.4, 0.5) is 0 Å². The van der Waals surface area contributed by atoms with Crippen molar-refractivity contribution in [3.8, 4) is 5.75 Å². The zero-order valence-electron chi connectivity index (χ0n) is 13.7. The van der Waals surface area contributed by atoms with E-state index in [2.05, 4.69) is 11.0 Å². The molecule has 1 aromatic carbocycles. The number of likely N-dealkylation sites (N-methyl/N-ethyl adjacent to an activating group) is 1. The van der Waals surface area contributed by atoms with Gasteiger partial charge in [0.1, 0.15) is 5.75 Å². The average molecular weight is 316 g/mol. The van der Waals surface area contributed by atoms with Crippen LogP contribution in [0.15, 0.2) is 24.3 Å². The van der Waals surface area contributed by atoms with E-state index in [4.69, 9.17) is 9.47 Å². The normalized spacial score (nSPS) is 18.0. The number of benzene rings is 1. The van der Waals surface area contributed by atoms with Crippen molar-refractivity contribution in [2.75, 3.05) is 53.0 Å². The second kappa shape index (κ2) is 7.62. The van der Waals surface area contributed by atoms with E-state index in [0.29, 0.717) is 0 Å². The van der Waals surface area contributed by atoms with E-state index >= 15 is 0 Å². The van der Waals surface area contributed by atoms with Crippen LogP contribution in [0.5, 0.6) is 5.75 Å². The third kappa shape index (κ3) is 4.33. The highest BCUT2D eigenvalue weighted by Crippen LogP contribution is 2.26. The molecule has 0 aliphatic carbocycles. The molecule has 0 bridgehead atoms. The summed E-state index contributed by atoms with van der Waals surface area (Å²) >= 11 is 0. The quantitative estimate of drug-likeness (QED) is 0.771. The third-order valence-electron chi connectivity index (χ3n) is 4.36. The van der Waals surface area contributed by atoms with Gasteiger partial charge in [-0.05, 0) is 29.3 Å². The van der Waals surface area contributed by atoms with E-state index in [1.54, 1.807) is 11.0 Å². The highest BCUT2D eigenvalue weighted by Gasteiger charge is 2.13. The molecule has 0 N–H and O–H groups in total. The van der Waals surface area contributed by atoms with E-state index in [0.717, 1.165) is 63.7 Å². The highest BCUT2D eigenvalue weighted by atomic mass is 16.5. The Morgan fingerprint density at radius 3 is 2.96 bits per heavy atom. The Labute approximate surface area is 137 Å². The first kappa shape index (κ1) is 16.0. The summed E-state index contributed by atoms with van der Waals surface area (Å²) in [6.07, 6.45) is 4.48. The van der Waals surface area contributed by atoms with Gasteiger partial charge in [0.25, 0.3) is 0 Å². The summed E-state index contributed by atoms with van der Waals surface area (Å²) in [6.45, 7) is 5.88. The van der Waals surface area contributed by atoms with Gasteiger partial charge in [-0.2, -0.15) is 0 Å². The molecule has 2 aliphatic rings. The summed E-state index contributed by atoms with van der Waals surface area (Å²) in [5, 5.41) is 0. The van der Waals surface area contributed by atoms with Crippen molar-refractivity contribution in [3.05, 3.63) is 35.4 Å². The molecular weight excluding hydrogens is 292 g/mol. The minimum Gasteiger partial charge on any atom is -0.493 e. The molecule has 23 heavy (non-hydrogen) atoms. The Hall–Kier alpha value is -1.85. The summed E-state index contributed by atoms with van der Waals surface area (Å²) in [4.78, 5) is 16.3. The van der Waals surface area contributed by atoms with Crippen LogP contribution >= 0.6 is 0 Å². The maximum Gasteiger partial charge on any atom is 0.246 e. The van der Waals surface area contributed by atoms with Crippen LogP contribution in [0.2, 0.25) is 0 Å². The molecule has 0 unspecified atom stereocenters.